The lowest BCUT2D eigenvalue weighted by atomic mass is 10.2. The van der Waals surface area contributed by atoms with Crippen molar-refractivity contribution in [1.82, 2.24) is 5.32 Å². The number of carbonyl (C=O) groups is 2. The number of carbonyl (C=O) groups excluding carboxylic acids is 1. The monoisotopic (exact) mass is 446 g/mol. The van der Waals surface area contributed by atoms with Gasteiger partial charge in [0.25, 0.3) is 5.91 Å². The number of hydrogen-bond acceptors (Lipinski definition) is 5. The Bertz CT molecular complexity index is 987. The minimum absolute atomic E-state index is 0.0449. The molecular formula is C17H16Cl2N2O6S. The maximum atomic E-state index is 11.9. The minimum Gasteiger partial charge on any atom is -0.486 e. The molecule has 0 unspecified atom stereocenters. The van der Waals surface area contributed by atoms with Crippen molar-refractivity contribution in [3.05, 3.63) is 57.6 Å². The van der Waals surface area contributed by atoms with Crippen LogP contribution in [0.15, 0.2) is 36.4 Å². The van der Waals surface area contributed by atoms with Crippen molar-refractivity contribution in [2.45, 2.75) is 6.61 Å². The molecule has 11 heteroatoms. The summed E-state index contributed by atoms with van der Waals surface area (Å²) in [4.78, 5) is 22.4. The quantitative estimate of drug-likeness (QED) is 0.572. The number of aliphatic carboxylic acids is 1. The van der Waals surface area contributed by atoms with Gasteiger partial charge in [-0.1, -0.05) is 35.3 Å². The van der Waals surface area contributed by atoms with Crippen LogP contribution in [0.3, 0.4) is 0 Å². The summed E-state index contributed by atoms with van der Waals surface area (Å²) in [6.45, 7) is -0.493. The standard InChI is InChI=1S/C17H16Cl2N2O6S/c1-28(25,26)21-12-4-2-3-10(5-12)9-27-16-13(18)6-11(7-14(16)19)17(24)20-8-15(22)23/h2-7,21H,8-9H2,1H3,(H,20,24)(H,22,23). The van der Waals surface area contributed by atoms with Crippen molar-refractivity contribution in [2.24, 2.45) is 0 Å². The molecule has 8 nitrogen and oxygen atoms in total. The molecule has 0 bridgehead atoms. The van der Waals surface area contributed by atoms with E-state index in [0.717, 1.165) is 6.26 Å². The van der Waals surface area contributed by atoms with Crippen molar-refractivity contribution in [1.29, 1.82) is 0 Å². The van der Waals surface area contributed by atoms with E-state index in [4.69, 9.17) is 33.0 Å². The van der Waals surface area contributed by atoms with E-state index < -0.39 is 28.4 Å². The zero-order valence-corrected chi connectivity index (χ0v) is 16.9. The second-order valence-corrected chi connectivity index (χ2v) is 8.27. The lowest BCUT2D eigenvalue weighted by Crippen LogP contribution is -2.29. The molecule has 0 heterocycles. The van der Waals surface area contributed by atoms with Crippen LogP contribution in [0.4, 0.5) is 5.69 Å². The maximum absolute atomic E-state index is 11.9. The van der Waals surface area contributed by atoms with Crippen LogP contribution >= 0.6 is 23.2 Å². The Morgan fingerprint density at radius 2 is 1.79 bits per heavy atom. The van der Waals surface area contributed by atoms with Gasteiger partial charge < -0.3 is 15.2 Å². The van der Waals surface area contributed by atoms with E-state index in [1.54, 1.807) is 24.3 Å². The molecular weight excluding hydrogens is 431 g/mol. The number of rotatable bonds is 8. The fourth-order valence-corrected chi connectivity index (χ4v) is 3.33. The van der Waals surface area contributed by atoms with Crippen LogP contribution in [0, 0.1) is 0 Å². The van der Waals surface area contributed by atoms with Gasteiger partial charge in [-0.15, -0.1) is 0 Å². The van der Waals surface area contributed by atoms with Gasteiger partial charge >= 0.3 is 5.97 Å². The highest BCUT2D eigenvalue weighted by molar-refractivity contribution is 7.92. The minimum atomic E-state index is -3.41. The van der Waals surface area contributed by atoms with E-state index in [2.05, 4.69) is 10.0 Å². The summed E-state index contributed by atoms with van der Waals surface area (Å²) in [6.07, 6.45) is 1.05. The summed E-state index contributed by atoms with van der Waals surface area (Å²) in [5.74, 6) is -1.69. The van der Waals surface area contributed by atoms with Crippen LogP contribution in [-0.2, 0) is 21.4 Å². The fourth-order valence-electron chi connectivity index (χ4n) is 2.18. The summed E-state index contributed by atoms with van der Waals surface area (Å²) in [5.41, 5.74) is 1.12. The highest BCUT2D eigenvalue weighted by atomic mass is 35.5. The van der Waals surface area contributed by atoms with E-state index in [1.807, 2.05) is 0 Å². The van der Waals surface area contributed by atoms with E-state index >= 15 is 0 Å². The van der Waals surface area contributed by atoms with Crippen molar-refractivity contribution in [3.63, 3.8) is 0 Å². The molecule has 0 fully saturated rings. The Morgan fingerprint density at radius 3 is 2.36 bits per heavy atom. The van der Waals surface area contributed by atoms with Crippen molar-refractivity contribution in [2.75, 3.05) is 17.5 Å². The molecule has 1 amide bonds. The molecule has 28 heavy (non-hydrogen) atoms. The molecule has 2 rings (SSSR count). The van der Waals surface area contributed by atoms with E-state index in [0.29, 0.717) is 11.3 Å². The lowest BCUT2D eigenvalue weighted by molar-refractivity contribution is -0.135. The van der Waals surface area contributed by atoms with Crippen molar-refractivity contribution >= 4 is 50.8 Å². The Labute approximate surface area is 171 Å². The Morgan fingerprint density at radius 1 is 1.14 bits per heavy atom. The molecule has 0 radical (unpaired) electrons. The number of hydrogen-bond donors (Lipinski definition) is 3. The molecule has 0 aliphatic carbocycles. The third-order valence-electron chi connectivity index (χ3n) is 3.27. The SMILES string of the molecule is CS(=O)(=O)Nc1cccc(COc2c(Cl)cc(C(=O)NCC(=O)O)cc2Cl)c1. The molecule has 0 saturated heterocycles. The number of amides is 1. The predicted octanol–water partition coefficient (Wildman–Crippen LogP) is 2.76. The van der Waals surface area contributed by atoms with Crippen molar-refractivity contribution < 1.29 is 27.9 Å². The average Bonchev–Trinajstić information content (AvgIpc) is 2.57. The van der Waals surface area contributed by atoms with E-state index in [9.17, 15) is 18.0 Å². The van der Waals surface area contributed by atoms with Gasteiger partial charge in [0.05, 0.1) is 16.3 Å². The highest BCUT2D eigenvalue weighted by Crippen LogP contribution is 2.35. The average molecular weight is 447 g/mol. The fraction of sp³-hybridized carbons (Fsp3) is 0.176. The molecule has 0 aliphatic rings. The molecule has 0 spiro atoms. The van der Waals surface area contributed by atoms with Gasteiger partial charge in [0.15, 0.2) is 5.75 Å². The van der Waals surface area contributed by atoms with Crippen LogP contribution < -0.4 is 14.8 Å². The Balaban J connectivity index is 2.12. The Hall–Kier alpha value is -2.49. The van der Waals surface area contributed by atoms with Gasteiger partial charge in [-0.25, -0.2) is 8.42 Å². The van der Waals surface area contributed by atoms with Gasteiger partial charge in [0.2, 0.25) is 10.0 Å². The number of anilines is 1. The highest BCUT2D eigenvalue weighted by Gasteiger charge is 2.15. The first-order valence-electron chi connectivity index (χ1n) is 7.74. The number of halogens is 2. The summed E-state index contributed by atoms with van der Waals surface area (Å²) < 4.78 is 30.6. The first-order valence-corrected chi connectivity index (χ1v) is 10.4. The van der Waals surface area contributed by atoms with Crippen LogP contribution in [0.25, 0.3) is 0 Å². The van der Waals surface area contributed by atoms with Gasteiger partial charge in [0, 0.05) is 11.3 Å². The van der Waals surface area contributed by atoms with Gasteiger partial charge in [0.1, 0.15) is 13.2 Å². The van der Waals surface area contributed by atoms with Crippen molar-refractivity contribution in [3.8, 4) is 5.75 Å². The lowest BCUT2D eigenvalue weighted by Gasteiger charge is -2.13. The first-order chi connectivity index (χ1) is 13.0. The number of carboxylic acid groups (broad SMARTS) is 1. The summed E-state index contributed by atoms with van der Waals surface area (Å²) in [6, 6.07) is 9.18. The topological polar surface area (TPSA) is 122 Å². The van der Waals surface area contributed by atoms with Gasteiger partial charge in [-0.05, 0) is 29.8 Å². The number of carboxylic acids is 1. The molecule has 2 aromatic rings. The summed E-state index contributed by atoms with van der Waals surface area (Å²) >= 11 is 12.3. The second kappa shape index (κ2) is 9.13. The van der Waals surface area contributed by atoms with Gasteiger partial charge in [-0.2, -0.15) is 0 Å². The number of sulfonamides is 1. The maximum Gasteiger partial charge on any atom is 0.322 e. The van der Waals surface area contributed by atoms with Crippen LogP contribution in [0.5, 0.6) is 5.75 Å². The molecule has 0 atom stereocenters. The van der Waals surface area contributed by atoms with Gasteiger partial charge in [-0.3, -0.25) is 14.3 Å². The summed E-state index contributed by atoms with van der Waals surface area (Å²) in [7, 11) is -3.41. The molecule has 0 aliphatic heterocycles. The Kier molecular flexibility index (Phi) is 7.11. The van der Waals surface area contributed by atoms with Crippen LogP contribution in [0.1, 0.15) is 15.9 Å². The zero-order valence-electron chi connectivity index (χ0n) is 14.5. The molecule has 150 valence electrons. The number of ether oxygens (including phenoxy) is 1. The van der Waals surface area contributed by atoms with E-state index in [1.165, 1.54) is 12.1 Å². The smallest absolute Gasteiger partial charge is 0.322 e. The van der Waals surface area contributed by atoms with Crippen LogP contribution in [-0.4, -0.2) is 38.2 Å². The molecule has 0 aromatic heterocycles. The first kappa shape index (κ1) is 21.8. The zero-order chi connectivity index (χ0) is 20.9. The molecule has 2 aromatic carbocycles. The third kappa shape index (κ3) is 6.59. The third-order valence-corrected chi connectivity index (χ3v) is 4.44. The molecule has 3 N–H and O–H groups in total. The normalized spacial score (nSPS) is 11.0. The molecule has 0 saturated carbocycles. The number of benzene rings is 2. The number of nitrogens with one attached hydrogen (secondary N) is 2. The second-order valence-electron chi connectivity index (χ2n) is 5.71. The van der Waals surface area contributed by atoms with Crippen LogP contribution in [0.2, 0.25) is 10.0 Å². The predicted molar refractivity (Wildman–Crippen MR) is 106 cm³/mol. The largest absolute Gasteiger partial charge is 0.486 e. The van der Waals surface area contributed by atoms with E-state index in [-0.39, 0.29) is 28.0 Å². The summed E-state index contributed by atoms with van der Waals surface area (Å²) in [5, 5.41) is 10.9.